The second kappa shape index (κ2) is 11.0. The van der Waals surface area contributed by atoms with Crippen LogP contribution in [-0.4, -0.2) is 36.1 Å². The number of nitro groups is 1. The number of non-ortho nitro benzene ring substituents is 1. The third-order valence-electron chi connectivity index (χ3n) is 5.17. The summed E-state index contributed by atoms with van der Waals surface area (Å²) in [5, 5.41) is 16.3. The molecule has 2 N–H and O–H groups in total. The van der Waals surface area contributed by atoms with Crippen LogP contribution in [0.25, 0.3) is 6.08 Å². The molecule has 4 rings (SSSR count). The molecule has 11 nitrogen and oxygen atoms in total. The van der Waals surface area contributed by atoms with E-state index in [1.807, 2.05) is 0 Å². The lowest BCUT2D eigenvalue weighted by atomic mass is 10.1. The molecule has 0 saturated heterocycles. The van der Waals surface area contributed by atoms with E-state index in [1.54, 1.807) is 25.1 Å². The maximum atomic E-state index is 13.2. The Bertz CT molecular complexity index is 1400. The van der Waals surface area contributed by atoms with Crippen LogP contribution >= 0.6 is 0 Å². The number of hydrogen-bond donors (Lipinski definition) is 2. The summed E-state index contributed by atoms with van der Waals surface area (Å²) in [6, 6.07) is 16.2. The van der Waals surface area contributed by atoms with Crippen molar-refractivity contribution >= 4 is 35.2 Å². The van der Waals surface area contributed by atoms with Crippen LogP contribution in [0.4, 0.5) is 11.4 Å². The molecular weight excluding hydrogens is 482 g/mol. The predicted molar refractivity (Wildman–Crippen MR) is 132 cm³/mol. The molecule has 1 aliphatic rings. The molecule has 0 saturated carbocycles. The number of fused-ring (bicyclic) bond motifs is 1. The minimum atomic E-state index is -0.719. The van der Waals surface area contributed by atoms with Gasteiger partial charge in [-0.25, -0.2) is 4.79 Å². The van der Waals surface area contributed by atoms with Gasteiger partial charge in [-0.1, -0.05) is 12.1 Å². The minimum Gasteiger partial charge on any atom is -0.462 e. The first-order valence-corrected chi connectivity index (χ1v) is 11.1. The van der Waals surface area contributed by atoms with Crippen LogP contribution in [-0.2, 0) is 9.53 Å². The highest BCUT2D eigenvalue weighted by Gasteiger charge is 2.19. The van der Waals surface area contributed by atoms with Crippen LogP contribution in [0.2, 0.25) is 0 Å². The highest BCUT2D eigenvalue weighted by Crippen LogP contribution is 2.33. The van der Waals surface area contributed by atoms with Gasteiger partial charge in [-0.05, 0) is 61.0 Å². The van der Waals surface area contributed by atoms with Crippen molar-refractivity contribution in [2.75, 3.05) is 18.7 Å². The highest BCUT2D eigenvalue weighted by molar-refractivity contribution is 6.10. The van der Waals surface area contributed by atoms with E-state index < -0.39 is 22.7 Å². The SMILES string of the molecule is CCOC(=O)c1ccc(NC(=O)/C(=C/c2ccc3c(c2)OCO3)NC(=O)c2cccc([N+](=O)[O-])c2)cc1. The van der Waals surface area contributed by atoms with Crippen molar-refractivity contribution in [3.8, 4) is 11.5 Å². The fraction of sp³-hybridized carbons (Fsp3) is 0.115. The quantitative estimate of drug-likeness (QED) is 0.204. The lowest BCUT2D eigenvalue weighted by Gasteiger charge is -2.12. The van der Waals surface area contributed by atoms with E-state index in [0.717, 1.165) is 6.07 Å². The van der Waals surface area contributed by atoms with Gasteiger partial charge in [0.2, 0.25) is 6.79 Å². The second-order valence-electron chi connectivity index (χ2n) is 7.68. The zero-order chi connectivity index (χ0) is 26.4. The lowest BCUT2D eigenvalue weighted by Crippen LogP contribution is -2.30. The summed E-state index contributed by atoms with van der Waals surface area (Å²) in [5.74, 6) is -0.852. The van der Waals surface area contributed by atoms with Gasteiger partial charge in [0.05, 0.1) is 17.1 Å². The Morgan fingerprint density at radius 2 is 1.76 bits per heavy atom. The molecule has 0 atom stereocenters. The average molecular weight is 503 g/mol. The van der Waals surface area contributed by atoms with Gasteiger partial charge in [-0.3, -0.25) is 19.7 Å². The number of carbonyl (C=O) groups is 3. The number of rotatable bonds is 8. The normalized spacial score (nSPS) is 12.0. The monoisotopic (exact) mass is 503 g/mol. The van der Waals surface area contributed by atoms with Crippen LogP contribution < -0.4 is 20.1 Å². The van der Waals surface area contributed by atoms with Gasteiger partial charge in [0.1, 0.15) is 5.70 Å². The molecule has 3 aromatic carbocycles. The summed E-state index contributed by atoms with van der Waals surface area (Å²) in [6.07, 6.45) is 1.43. The smallest absolute Gasteiger partial charge is 0.338 e. The van der Waals surface area contributed by atoms with E-state index in [4.69, 9.17) is 14.2 Å². The molecule has 188 valence electrons. The van der Waals surface area contributed by atoms with Crippen LogP contribution in [0, 0.1) is 10.1 Å². The Labute approximate surface area is 210 Å². The summed E-state index contributed by atoms with van der Waals surface area (Å²) in [6.45, 7) is 2.00. The Morgan fingerprint density at radius 3 is 2.49 bits per heavy atom. The van der Waals surface area contributed by atoms with Crippen molar-refractivity contribution in [2.45, 2.75) is 6.92 Å². The van der Waals surface area contributed by atoms with Gasteiger partial charge in [-0.2, -0.15) is 0 Å². The van der Waals surface area contributed by atoms with Gasteiger partial charge in [0.15, 0.2) is 11.5 Å². The Hall–Kier alpha value is -5.19. The van der Waals surface area contributed by atoms with E-state index in [1.165, 1.54) is 48.5 Å². The fourth-order valence-corrected chi connectivity index (χ4v) is 3.39. The van der Waals surface area contributed by atoms with Crippen molar-refractivity contribution in [3.05, 3.63) is 99.2 Å². The largest absolute Gasteiger partial charge is 0.462 e. The van der Waals surface area contributed by atoms with E-state index >= 15 is 0 Å². The Kier molecular flexibility index (Phi) is 7.43. The predicted octanol–water partition coefficient (Wildman–Crippen LogP) is 3.91. The third-order valence-corrected chi connectivity index (χ3v) is 5.17. The standard InChI is InChI=1S/C26H21N3O8/c1-2-35-26(32)17-7-9-19(10-8-17)27-25(31)21(12-16-6-11-22-23(13-16)37-15-36-22)28-24(30)18-4-3-5-20(14-18)29(33)34/h3-14H,2,15H2,1H3,(H,27,31)(H,28,30)/b21-12-. The molecule has 37 heavy (non-hydrogen) atoms. The van der Waals surface area contributed by atoms with Crippen molar-refractivity contribution in [2.24, 2.45) is 0 Å². The van der Waals surface area contributed by atoms with Gasteiger partial charge in [0, 0.05) is 23.4 Å². The number of anilines is 1. The van der Waals surface area contributed by atoms with Crippen LogP contribution in [0.3, 0.4) is 0 Å². The maximum absolute atomic E-state index is 13.2. The Morgan fingerprint density at radius 1 is 1.00 bits per heavy atom. The highest BCUT2D eigenvalue weighted by atomic mass is 16.7. The summed E-state index contributed by atoms with van der Waals surface area (Å²) in [5.41, 5.74) is 0.808. The van der Waals surface area contributed by atoms with Gasteiger partial charge < -0.3 is 24.8 Å². The summed E-state index contributed by atoms with van der Waals surface area (Å²) in [4.78, 5) is 48.4. The second-order valence-corrected chi connectivity index (χ2v) is 7.68. The number of ether oxygens (including phenoxy) is 3. The van der Waals surface area contributed by atoms with E-state index in [-0.39, 0.29) is 30.3 Å². The van der Waals surface area contributed by atoms with Crippen LogP contribution in [0.15, 0.2) is 72.4 Å². The Balaban J connectivity index is 1.60. The molecule has 0 aromatic heterocycles. The van der Waals surface area contributed by atoms with E-state index in [0.29, 0.717) is 28.3 Å². The molecule has 0 bridgehead atoms. The van der Waals surface area contributed by atoms with Crippen molar-refractivity contribution in [1.29, 1.82) is 0 Å². The lowest BCUT2D eigenvalue weighted by molar-refractivity contribution is -0.384. The molecule has 11 heteroatoms. The number of nitrogens with one attached hydrogen (secondary N) is 2. The van der Waals surface area contributed by atoms with Gasteiger partial charge in [0.25, 0.3) is 17.5 Å². The number of esters is 1. The van der Waals surface area contributed by atoms with E-state index in [2.05, 4.69) is 10.6 Å². The number of nitrogens with zero attached hydrogens (tertiary/aromatic N) is 1. The molecule has 0 unspecified atom stereocenters. The van der Waals surface area contributed by atoms with Gasteiger partial charge >= 0.3 is 5.97 Å². The third kappa shape index (κ3) is 6.09. The molecule has 1 aliphatic heterocycles. The zero-order valence-corrected chi connectivity index (χ0v) is 19.6. The van der Waals surface area contributed by atoms with Crippen molar-refractivity contribution < 1.29 is 33.5 Å². The number of amides is 2. The van der Waals surface area contributed by atoms with Crippen molar-refractivity contribution in [3.63, 3.8) is 0 Å². The number of nitro benzene ring substituents is 1. The zero-order valence-electron chi connectivity index (χ0n) is 19.6. The number of hydrogen-bond acceptors (Lipinski definition) is 8. The first-order valence-electron chi connectivity index (χ1n) is 11.1. The molecule has 2 amide bonds. The van der Waals surface area contributed by atoms with Crippen LogP contribution in [0.1, 0.15) is 33.2 Å². The fourth-order valence-electron chi connectivity index (χ4n) is 3.39. The topological polar surface area (TPSA) is 146 Å². The summed E-state index contributed by atoms with van der Waals surface area (Å²) in [7, 11) is 0. The van der Waals surface area contributed by atoms with Gasteiger partial charge in [-0.15, -0.1) is 0 Å². The number of benzene rings is 3. The number of carbonyl (C=O) groups excluding carboxylic acids is 3. The molecule has 0 fully saturated rings. The molecule has 0 spiro atoms. The molecule has 1 heterocycles. The first kappa shape index (κ1) is 24.9. The average Bonchev–Trinajstić information content (AvgIpc) is 3.37. The van der Waals surface area contributed by atoms with Crippen molar-refractivity contribution in [1.82, 2.24) is 5.32 Å². The molecule has 3 aromatic rings. The van der Waals surface area contributed by atoms with Crippen LogP contribution in [0.5, 0.6) is 11.5 Å². The summed E-state index contributed by atoms with van der Waals surface area (Å²) < 4.78 is 15.6. The molecule has 0 aliphatic carbocycles. The maximum Gasteiger partial charge on any atom is 0.338 e. The first-order chi connectivity index (χ1) is 17.8. The summed E-state index contributed by atoms with van der Waals surface area (Å²) >= 11 is 0. The minimum absolute atomic E-state index is 0.00243. The molecular formula is C26H21N3O8. The molecule has 0 radical (unpaired) electrons. The van der Waals surface area contributed by atoms with E-state index in [9.17, 15) is 24.5 Å².